The molecule has 0 fully saturated rings. The van der Waals surface area contributed by atoms with Crippen molar-refractivity contribution in [3.63, 3.8) is 0 Å². The number of pyridine rings is 2. The van der Waals surface area contributed by atoms with Crippen molar-refractivity contribution < 1.29 is 9.90 Å². The summed E-state index contributed by atoms with van der Waals surface area (Å²) in [6.07, 6.45) is 4.26. The maximum absolute atomic E-state index is 10.8. The van der Waals surface area contributed by atoms with Crippen molar-refractivity contribution in [3.05, 3.63) is 48.8 Å². The third-order valence-electron chi connectivity index (χ3n) is 3.29. The van der Waals surface area contributed by atoms with Crippen LogP contribution in [0.3, 0.4) is 0 Å². The van der Waals surface area contributed by atoms with Crippen LogP contribution in [0.1, 0.15) is 19.3 Å². The quantitative estimate of drug-likeness (QED) is 0.723. The molecule has 2 rings (SSSR count). The van der Waals surface area contributed by atoms with E-state index in [0.717, 1.165) is 18.1 Å². The lowest BCUT2D eigenvalue weighted by molar-refractivity contribution is -0.126. The standard InChI is InChI=1S/C16H20N4O2/c17-16(22)13(21)7-3-6-12-20(14-8-1-4-10-18-14)15-9-2-5-11-19-15/h1-2,4-5,8-11,13,21H,3,6-7,12H2,(H2,17,22). The Balaban J connectivity index is 1.99. The summed E-state index contributed by atoms with van der Waals surface area (Å²) >= 11 is 0. The van der Waals surface area contributed by atoms with Crippen molar-refractivity contribution in [2.45, 2.75) is 25.4 Å². The summed E-state index contributed by atoms with van der Waals surface area (Å²) in [5, 5.41) is 9.41. The predicted octanol–water partition coefficient (Wildman–Crippen LogP) is 1.63. The third-order valence-corrected chi connectivity index (χ3v) is 3.29. The Morgan fingerprint density at radius 3 is 2.14 bits per heavy atom. The van der Waals surface area contributed by atoms with Gasteiger partial charge in [0.05, 0.1) is 0 Å². The molecule has 22 heavy (non-hydrogen) atoms. The van der Waals surface area contributed by atoms with E-state index < -0.39 is 12.0 Å². The maximum atomic E-state index is 10.8. The summed E-state index contributed by atoms with van der Waals surface area (Å²) in [4.78, 5) is 21.5. The summed E-state index contributed by atoms with van der Waals surface area (Å²) in [7, 11) is 0. The van der Waals surface area contributed by atoms with Gasteiger partial charge in [-0.1, -0.05) is 12.1 Å². The molecule has 1 unspecified atom stereocenters. The van der Waals surface area contributed by atoms with E-state index in [2.05, 4.69) is 9.97 Å². The summed E-state index contributed by atoms with van der Waals surface area (Å²) < 4.78 is 0. The minimum absolute atomic E-state index is 0.369. The summed E-state index contributed by atoms with van der Waals surface area (Å²) in [6.45, 7) is 0.694. The Kier molecular flexibility index (Phi) is 5.85. The molecule has 2 aromatic rings. The van der Waals surface area contributed by atoms with Crippen LogP contribution in [0.4, 0.5) is 11.6 Å². The minimum Gasteiger partial charge on any atom is -0.383 e. The highest BCUT2D eigenvalue weighted by Crippen LogP contribution is 2.21. The lowest BCUT2D eigenvalue weighted by atomic mass is 10.1. The normalized spacial score (nSPS) is 11.9. The van der Waals surface area contributed by atoms with Crippen molar-refractivity contribution in [2.24, 2.45) is 5.73 Å². The Labute approximate surface area is 129 Å². The van der Waals surface area contributed by atoms with Gasteiger partial charge >= 0.3 is 0 Å². The van der Waals surface area contributed by atoms with E-state index in [1.807, 2.05) is 41.3 Å². The molecule has 0 aliphatic carbocycles. The number of hydrogen-bond donors (Lipinski definition) is 2. The number of anilines is 2. The fourth-order valence-corrected chi connectivity index (χ4v) is 2.12. The molecule has 6 heteroatoms. The molecule has 0 saturated carbocycles. The number of carbonyl (C=O) groups is 1. The molecular weight excluding hydrogens is 280 g/mol. The van der Waals surface area contributed by atoms with Crippen LogP contribution in [0.25, 0.3) is 0 Å². The molecule has 0 aromatic carbocycles. The van der Waals surface area contributed by atoms with Crippen LogP contribution >= 0.6 is 0 Å². The average molecular weight is 300 g/mol. The van der Waals surface area contributed by atoms with E-state index in [0.29, 0.717) is 19.4 Å². The molecule has 0 radical (unpaired) electrons. The molecule has 6 nitrogen and oxygen atoms in total. The minimum atomic E-state index is -1.07. The molecule has 2 aromatic heterocycles. The second-order valence-electron chi connectivity index (χ2n) is 4.94. The molecule has 1 amide bonds. The van der Waals surface area contributed by atoms with Gasteiger partial charge in [-0.2, -0.15) is 0 Å². The number of rotatable bonds is 8. The highest BCUT2D eigenvalue weighted by atomic mass is 16.3. The Bertz CT molecular complexity index is 538. The number of aromatic nitrogens is 2. The van der Waals surface area contributed by atoms with Gasteiger partial charge in [0.25, 0.3) is 0 Å². The first-order valence-corrected chi connectivity index (χ1v) is 7.25. The molecule has 0 aliphatic rings. The van der Waals surface area contributed by atoms with E-state index in [1.165, 1.54) is 0 Å². The van der Waals surface area contributed by atoms with E-state index in [1.54, 1.807) is 12.4 Å². The molecule has 116 valence electrons. The smallest absolute Gasteiger partial charge is 0.246 e. The number of hydrogen-bond acceptors (Lipinski definition) is 5. The lowest BCUT2D eigenvalue weighted by Crippen LogP contribution is -2.28. The molecule has 1 atom stereocenters. The number of nitrogens with zero attached hydrogens (tertiary/aromatic N) is 3. The van der Waals surface area contributed by atoms with Gasteiger partial charge in [0, 0.05) is 18.9 Å². The van der Waals surface area contributed by atoms with Gasteiger partial charge in [0.2, 0.25) is 5.91 Å². The molecule has 0 saturated heterocycles. The van der Waals surface area contributed by atoms with Gasteiger partial charge in [0.15, 0.2) is 0 Å². The van der Waals surface area contributed by atoms with Crippen LogP contribution in [-0.4, -0.2) is 33.6 Å². The first-order valence-electron chi connectivity index (χ1n) is 7.25. The van der Waals surface area contributed by atoms with Crippen molar-refractivity contribution >= 4 is 17.5 Å². The van der Waals surface area contributed by atoms with Crippen LogP contribution in [-0.2, 0) is 4.79 Å². The first-order chi connectivity index (χ1) is 10.7. The topological polar surface area (TPSA) is 92.3 Å². The Morgan fingerprint density at radius 1 is 1.09 bits per heavy atom. The van der Waals surface area contributed by atoms with Gasteiger partial charge in [-0.3, -0.25) is 4.79 Å². The number of unbranched alkanes of at least 4 members (excludes halogenated alkanes) is 1. The van der Waals surface area contributed by atoms with E-state index >= 15 is 0 Å². The second-order valence-corrected chi connectivity index (χ2v) is 4.94. The van der Waals surface area contributed by atoms with Crippen LogP contribution < -0.4 is 10.6 Å². The van der Waals surface area contributed by atoms with E-state index in [4.69, 9.17) is 5.73 Å². The fourth-order valence-electron chi connectivity index (χ4n) is 2.12. The highest BCUT2D eigenvalue weighted by molar-refractivity contribution is 5.78. The van der Waals surface area contributed by atoms with Crippen LogP contribution in [0.5, 0.6) is 0 Å². The fraction of sp³-hybridized carbons (Fsp3) is 0.312. The van der Waals surface area contributed by atoms with Crippen molar-refractivity contribution in [3.8, 4) is 0 Å². The van der Waals surface area contributed by atoms with Gasteiger partial charge in [-0.15, -0.1) is 0 Å². The zero-order valence-electron chi connectivity index (χ0n) is 12.3. The molecule has 2 heterocycles. The summed E-state index contributed by atoms with van der Waals surface area (Å²) in [5.74, 6) is 0.958. The lowest BCUT2D eigenvalue weighted by Gasteiger charge is -2.22. The zero-order valence-corrected chi connectivity index (χ0v) is 12.3. The van der Waals surface area contributed by atoms with Crippen molar-refractivity contribution in [1.29, 1.82) is 0 Å². The van der Waals surface area contributed by atoms with Crippen LogP contribution in [0.2, 0.25) is 0 Å². The first kappa shape index (κ1) is 15.9. The van der Waals surface area contributed by atoms with Crippen molar-refractivity contribution in [2.75, 3.05) is 11.4 Å². The third kappa shape index (κ3) is 4.53. The number of aliphatic hydroxyl groups excluding tert-OH is 1. The van der Waals surface area contributed by atoms with Gasteiger partial charge < -0.3 is 15.7 Å². The summed E-state index contributed by atoms with van der Waals surface area (Å²) in [5.41, 5.74) is 5.04. The van der Waals surface area contributed by atoms with Crippen LogP contribution in [0, 0.1) is 0 Å². The van der Waals surface area contributed by atoms with Gasteiger partial charge in [-0.25, -0.2) is 9.97 Å². The second kappa shape index (κ2) is 8.09. The predicted molar refractivity (Wildman–Crippen MR) is 84.5 cm³/mol. The maximum Gasteiger partial charge on any atom is 0.246 e. The van der Waals surface area contributed by atoms with Gasteiger partial charge in [-0.05, 0) is 43.5 Å². The largest absolute Gasteiger partial charge is 0.383 e. The van der Waals surface area contributed by atoms with Gasteiger partial charge in [0.1, 0.15) is 17.7 Å². The van der Waals surface area contributed by atoms with Crippen molar-refractivity contribution in [1.82, 2.24) is 9.97 Å². The average Bonchev–Trinajstić information content (AvgIpc) is 2.56. The number of primary amides is 1. The zero-order chi connectivity index (χ0) is 15.8. The Morgan fingerprint density at radius 2 is 1.68 bits per heavy atom. The van der Waals surface area contributed by atoms with E-state index in [9.17, 15) is 9.90 Å². The Hall–Kier alpha value is -2.47. The number of amides is 1. The molecular formula is C16H20N4O2. The molecule has 0 spiro atoms. The number of nitrogens with two attached hydrogens (primary N) is 1. The SMILES string of the molecule is NC(=O)C(O)CCCCN(c1ccccn1)c1ccccn1. The monoisotopic (exact) mass is 300 g/mol. The molecule has 3 N–H and O–H groups in total. The summed E-state index contributed by atoms with van der Waals surface area (Å²) in [6, 6.07) is 11.4. The van der Waals surface area contributed by atoms with Crippen LogP contribution in [0.15, 0.2) is 48.8 Å². The number of carbonyl (C=O) groups excluding carboxylic acids is 1. The number of aliphatic hydroxyl groups is 1. The molecule has 0 bridgehead atoms. The van der Waals surface area contributed by atoms with E-state index in [-0.39, 0.29) is 0 Å². The molecule has 0 aliphatic heterocycles. The highest BCUT2D eigenvalue weighted by Gasteiger charge is 2.13.